The van der Waals surface area contributed by atoms with Crippen LogP contribution in [0.5, 0.6) is 0 Å². The molecular weight excluding hydrogens is 198 g/mol. The average molecular weight is 213 g/mol. The second-order valence-corrected chi connectivity index (χ2v) is 3.84. The molecule has 0 saturated carbocycles. The number of benzene rings is 1. The Morgan fingerprint density at radius 3 is 2.56 bits per heavy atom. The van der Waals surface area contributed by atoms with Gasteiger partial charge < -0.3 is 4.57 Å². The standard InChI is InChI=1S/C14H15NO/c1-2-4-12-6-8-13(9-7-12)15-10-3-5-14(15)11-16/h3,5-11H,2,4H2,1H3. The van der Waals surface area contributed by atoms with Crippen LogP contribution in [0.4, 0.5) is 0 Å². The van der Waals surface area contributed by atoms with Gasteiger partial charge in [0.05, 0.1) is 5.69 Å². The largest absolute Gasteiger partial charge is 0.314 e. The third kappa shape index (κ3) is 2.06. The van der Waals surface area contributed by atoms with Crippen LogP contribution in [0.3, 0.4) is 0 Å². The summed E-state index contributed by atoms with van der Waals surface area (Å²) in [4.78, 5) is 10.8. The van der Waals surface area contributed by atoms with Crippen LogP contribution < -0.4 is 0 Å². The molecule has 1 aromatic carbocycles. The van der Waals surface area contributed by atoms with Gasteiger partial charge in [-0.3, -0.25) is 4.79 Å². The van der Waals surface area contributed by atoms with E-state index in [1.165, 1.54) is 5.56 Å². The van der Waals surface area contributed by atoms with Crippen molar-refractivity contribution in [3.05, 3.63) is 53.9 Å². The van der Waals surface area contributed by atoms with Gasteiger partial charge >= 0.3 is 0 Å². The summed E-state index contributed by atoms with van der Waals surface area (Å²) in [5.41, 5.74) is 3.06. The highest BCUT2D eigenvalue weighted by molar-refractivity contribution is 5.73. The van der Waals surface area contributed by atoms with E-state index in [9.17, 15) is 4.79 Å². The second-order valence-electron chi connectivity index (χ2n) is 3.84. The highest BCUT2D eigenvalue weighted by atomic mass is 16.1. The predicted molar refractivity (Wildman–Crippen MR) is 65.2 cm³/mol. The van der Waals surface area contributed by atoms with E-state index in [0.29, 0.717) is 5.69 Å². The molecule has 0 fully saturated rings. The summed E-state index contributed by atoms with van der Waals surface area (Å²) in [5, 5.41) is 0. The fourth-order valence-electron chi connectivity index (χ4n) is 1.84. The summed E-state index contributed by atoms with van der Waals surface area (Å²) in [6, 6.07) is 12.0. The SMILES string of the molecule is CCCc1ccc(-n2cccc2C=O)cc1. The Kier molecular flexibility index (Phi) is 3.20. The number of carbonyl (C=O) groups is 1. The van der Waals surface area contributed by atoms with E-state index in [2.05, 4.69) is 31.2 Å². The van der Waals surface area contributed by atoms with Gasteiger partial charge in [0.2, 0.25) is 0 Å². The zero-order valence-corrected chi connectivity index (χ0v) is 9.39. The molecule has 0 aliphatic rings. The lowest BCUT2D eigenvalue weighted by Gasteiger charge is -2.06. The van der Waals surface area contributed by atoms with Crippen LogP contribution in [0.2, 0.25) is 0 Å². The number of rotatable bonds is 4. The maximum atomic E-state index is 10.8. The molecule has 1 heterocycles. The van der Waals surface area contributed by atoms with Crippen LogP contribution in [0.25, 0.3) is 5.69 Å². The van der Waals surface area contributed by atoms with Crippen LogP contribution in [-0.2, 0) is 6.42 Å². The lowest BCUT2D eigenvalue weighted by molar-refractivity contribution is 0.111. The highest BCUT2D eigenvalue weighted by Crippen LogP contribution is 2.13. The Morgan fingerprint density at radius 2 is 1.94 bits per heavy atom. The fraction of sp³-hybridized carbons (Fsp3) is 0.214. The molecule has 0 saturated heterocycles. The third-order valence-corrected chi connectivity index (χ3v) is 2.65. The van der Waals surface area contributed by atoms with Gasteiger partial charge in [0.1, 0.15) is 0 Å². The number of hydrogen-bond acceptors (Lipinski definition) is 1. The quantitative estimate of drug-likeness (QED) is 0.714. The minimum absolute atomic E-state index is 0.684. The van der Waals surface area contributed by atoms with E-state index in [0.717, 1.165) is 24.8 Å². The zero-order chi connectivity index (χ0) is 11.4. The first-order valence-electron chi connectivity index (χ1n) is 5.57. The fourth-order valence-corrected chi connectivity index (χ4v) is 1.84. The first-order valence-corrected chi connectivity index (χ1v) is 5.57. The predicted octanol–water partition coefficient (Wildman–Crippen LogP) is 3.24. The van der Waals surface area contributed by atoms with Crippen molar-refractivity contribution >= 4 is 6.29 Å². The van der Waals surface area contributed by atoms with Crippen LogP contribution in [-0.4, -0.2) is 10.9 Å². The maximum absolute atomic E-state index is 10.8. The van der Waals surface area contributed by atoms with E-state index in [1.54, 1.807) is 0 Å². The van der Waals surface area contributed by atoms with Gasteiger partial charge in [0.15, 0.2) is 6.29 Å². The van der Waals surface area contributed by atoms with Crippen LogP contribution in [0.15, 0.2) is 42.6 Å². The van der Waals surface area contributed by atoms with E-state index in [-0.39, 0.29) is 0 Å². The molecule has 2 nitrogen and oxygen atoms in total. The monoisotopic (exact) mass is 213 g/mol. The number of aldehydes is 1. The average Bonchev–Trinajstić information content (AvgIpc) is 2.78. The smallest absolute Gasteiger partial charge is 0.166 e. The molecule has 0 aliphatic heterocycles. The molecule has 0 bridgehead atoms. The van der Waals surface area contributed by atoms with E-state index < -0.39 is 0 Å². The molecule has 2 aromatic rings. The number of nitrogens with zero attached hydrogens (tertiary/aromatic N) is 1. The van der Waals surface area contributed by atoms with Gasteiger partial charge in [-0.05, 0) is 36.2 Å². The minimum Gasteiger partial charge on any atom is -0.314 e. The molecule has 0 spiro atoms. The lowest BCUT2D eigenvalue weighted by Crippen LogP contribution is -1.97. The molecule has 2 rings (SSSR count). The molecule has 0 unspecified atom stereocenters. The van der Waals surface area contributed by atoms with Gasteiger partial charge in [0, 0.05) is 11.9 Å². The number of hydrogen-bond donors (Lipinski definition) is 0. The van der Waals surface area contributed by atoms with Crippen molar-refractivity contribution in [2.24, 2.45) is 0 Å². The maximum Gasteiger partial charge on any atom is 0.166 e. The van der Waals surface area contributed by atoms with Gasteiger partial charge in [0.25, 0.3) is 0 Å². The van der Waals surface area contributed by atoms with Crippen LogP contribution >= 0.6 is 0 Å². The molecule has 2 heteroatoms. The summed E-state index contributed by atoms with van der Waals surface area (Å²) < 4.78 is 1.89. The zero-order valence-electron chi connectivity index (χ0n) is 9.39. The van der Waals surface area contributed by atoms with Gasteiger partial charge in [-0.2, -0.15) is 0 Å². The minimum atomic E-state index is 0.684. The van der Waals surface area contributed by atoms with Crippen molar-refractivity contribution in [3.8, 4) is 5.69 Å². The molecule has 0 radical (unpaired) electrons. The van der Waals surface area contributed by atoms with Crippen molar-refractivity contribution in [1.82, 2.24) is 4.57 Å². The van der Waals surface area contributed by atoms with Crippen molar-refractivity contribution < 1.29 is 4.79 Å². The van der Waals surface area contributed by atoms with Crippen molar-refractivity contribution in [2.75, 3.05) is 0 Å². The Hall–Kier alpha value is -1.83. The van der Waals surface area contributed by atoms with E-state index in [4.69, 9.17) is 0 Å². The number of aryl methyl sites for hydroxylation is 1. The Bertz CT molecular complexity index is 468. The Labute approximate surface area is 95.5 Å². The first kappa shape index (κ1) is 10.7. The first-order chi connectivity index (χ1) is 7.85. The molecule has 16 heavy (non-hydrogen) atoms. The summed E-state index contributed by atoms with van der Waals surface area (Å²) in [5.74, 6) is 0. The molecule has 0 N–H and O–H groups in total. The second kappa shape index (κ2) is 4.79. The van der Waals surface area contributed by atoms with Gasteiger partial charge in [-0.15, -0.1) is 0 Å². The number of carbonyl (C=O) groups excluding carboxylic acids is 1. The van der Waals surface area contributed by atoms with E-state index in [1.807, 2.05) is 22.9 Å². The van der Waals surface area contributed by atoms with Gasteiger partial charge in [-0.1, -0.05) is 25.5 Å². The van der Waals surface area contributed by atoms with E-state index >= 15 is 0 Å². The molecular formula is C14H15NO. The lowest BCUT2D eigenvalue weighted by atomic mass is 10.1. The summed E-state index contributed by atoms with van der Waals surface area (Å²) in [6.45, 7) is 2.17. The Balaban J connectivity index is 2.31. The Morgan fingerprint density at radius 1 is 1.19 bits per heavy atom. The topological polar surface area (TPSA) is 22.0 Å². The summed E-state index contributed by atoms with van der Waals surface area (Å²) in [6.07, 6.45) is 5.04. The molecule has 1 aromatic heterocycles. The van der Waals surface area contributed by atoms with Gasteiger partial charge in [-0.25, -0.2) is 0 Å². The molecule has 82 valence electrons. The molecule has 0 atom stereocenters. The van der Waals surface area contributed by atoms with Crippen molar-refractivity contribution in [3.63, 3.8) is 0 Å². The number of aromatic nitrogens is 1. The van der Waals surface area contributed by atoms with Crippen LogP contribution in [0.1, 0.15) is 29.4 Å². The summed E-state index contributed by atoms with van der Waals surface area (Å²) in [7, 11) is 0. The molecule has 0 aliphatic carbocycles. The normalized spacial score (nSPS) is 10.3. The van der Waals surface area contributed by atoms with Crippen molar-refractivity contribution in [1.29, 1.82) is 0 Å². The van der Waals surface area contributed by atoms with Crippen LogP contribution in [0, 0.1) is 0 Å². The summed E-state index contributed by atoms with van der Waals surface area (Å²) >= 11 is 0. The highest BCUT2D eigenvalue weighted by Gasteiger charge is 2.01. The van der Waals surface area contributed by atoms with Crippen molar-refractivity contribution in [2.45, 2.75) is 19.8 Å². The third-order valence-electron chi connectivity index (χ3n) is 2.65. The molecule has 0 amide bonds.